The van der Waals surface area contributed by atoms with Gasteiger partial charge in [-0.05, 0) is 26.3 Å². The Morgan fingerprint density at radius 2 is 1.80 bits per heavy atom. The lowest BCUT2D eigenvalue weighted by atomic mass is 10.1. The number of rotatable bonds is 7. The minimum atomic E-state index is -0.582. The van der Waals surface area contributed by atoms with Crippen molar-refractivity contribution in [1.82, 2.24) is 4.90 Å². The summed E-state index contributed by atoms with van der Waals surface area (Å²) in [5.74, 6) is 5.51. The maximum absolute atomic E-state index is 12.4. The highest BCUT2D eigenvalue weighted by molar-refractivity contribution is 5.81. The molecular weight excluding hydrogens is 318 g/mol. The molecule has 25 heavy (non-hydrogen) atoms. The highest BCUT2D eigenvalue weighted by Gasteiger charge is 2.22. The molecule has 0 spiro atoms. The molecule has 0 atom stereocenters. The Hall–Kier alpha value is -2.32. The van der Waals surface area contributed by atoms with Crippen LogP contribution in [0.1, 0.15) is 39.2 Å². The highest BCUT2D eigenvalue weighted by atomic mass is 16.6. The molecule has 0 aliphatic rings. The van der Waals surface area contributed by atoms with Crippen molar-refractivity contribution < 1.29 is 19.1 Å². The predicted molar refractivity (Wildman–Crippen MR) is 97.0 cm³/mol. The molecule has 1 rings (SSSR count). The first-order valence-electron chi connectivity index (χ1n) is 8.30. The molecule has 1 aromatic rings. The SMILES string of the molecule is COCC#CCC(=O)CCN(Cc1ccccc1)C(=O)OC(C)(C)C. The van der Waals surface area contributed by atoms with E-state index in [1.54, 1.807) is 12.0 Å². The second kappa shape index (κ2) is 10.5. The van der Waals surface area contributed by atoms with Crippen molar-refractivity contribution in [2.45, 2.75) is 45.8 Å². The molecule has 0 aromatic heterocycles. The lowest BCUT2D eigenvalue weighted by Gasteiger charge is -2.27. The average molecular weight is 345 g/mol. The monoisotopic (exact) mass is 345 g/mol. The zero-order valence-electron chi connectivity index (χ0n) is 15.5. The molecule has 5 heteroatoms. The van der Waals surface area contributed by atoms with Gasteiger partial charge in [-0.1, -0.05) is 42.2 Å². The molecule has 0 heterocycles. The minimum Gasteiger partial charge on any atom is -0.444 e. The van der Waals surface area contributed by atoms with Gasteiger partial charge in [-0.25, -0.2) is 4.79 Å². The van der Waals surface area contributed by atoms with Gasteiger partial charge in [-0.15, -0.1) is 0 Å². The molecule has 0 saturated carbocycles. The molecule has 0 aliphatic carbocycles. The van der Waals surface area contributed by atoms with Crippen LogP contribution in [0.15, 0.2) is 30.3 Å². The zero-order valence-corrected chi connectivity index (χ0v) is 15.5. The Bertz CT molecular complexity index is 608. The largest absolute Gasteiger partial charge is 0.444 e. The molecule has 0 fully saturated rings. The van der Waals surface area contributed by atoms with Crippen molar-refractivity contribution in [3.05, 3.63) is 35.9 Å². The van der Waals surface area contributed by atoms with Crippen LogP contribution in [0.5, 0.6) is 0 Å². The molecule has 0 radical (unpaired) electrons. The van der Waals surface area contributed by atoms with Crippen molar-refractivity contribution in [2.75, 3.05) is 20.3 Å². The van der Waals surface area contributed by atoms with Crippen LogP contribution in [-0.4, -0.2) is 42.6 Å². The van der Waals surface area contributed by atoms with Gasteiger partial charge in [0.05, 0.1) is 6.42 Å². The molecule has 0 bridgehead atoms. The lowest BCUT2D eigenvalue weighted by Crippen LogP contribution is -2.37. The van der Waals surface area contributed by atoms with Crippen molar-refractivity contribution in [2.24, 2.45) is 0 Å². The Labute approximate surface area is 150 Å². The van der Waals surface area contributed by atoms with E-state index in [0.29, 0.717) is 19.7 Å². The fraction of sp³-hybridized carbons (Fsp3) is 0.500. The average Bonchev–Trinajstić information content (AvgIpc) is 2.54. The normalized spacial score (nSPS) is 10.6. The number of hydrogen-bond donors (Lipinski definition) is 0. The number of Topliss-reactive ketones (excluding diaryl/α,β-unsaturated/α-hetero) is 1. The van der Waals surface area contributed by atoms with Gasteiger partial charge in [0, 0.05) is 26.6 Å². The maximum Gasteiger partial charge on any atom is 0.410 e. The molecule has 1 aromatic carbocycles. The predicted octanol–water partition coefficient (Wildman–Crippen LogP) is 3.42. The Balaban J connectivity index is 2.66. The molecule has 0 aliphatic heterocycles. The van der Waals surface area contributed by atoms with Crippen LogP contribution in [0.4, 0.5) is 4.79 Å². The number of methoxy groups -OCH3 is 1. The van der Waals surface area contributed by atoms with E-state index in [4.69, 9.17) is 9.47 Å². The van der Waals surface area contributed by atoms with Gasteiger partial charge in [0.15, 0.2) is 0 Å². The summed E-state index contributed by atoms with van der Waals surface area (Å²) in [6.07, 6.45) is -0.0143. The van der Waals surface area contributed by atoms with E-state index >= 15 is 0 Å². The van der Waals surface area contributed by atoms with E-state index in [9.17, 15) is 9.59 Å². The Morgan fingerprint density at radius 3 is 2.40 bits per heavy atom. The Morgan fingerprint density at radius 1 is 1.12 bits per heavy atom. The van der Waals surface area contributed by atoms with E-state index in [0.717, 1.165) is 5.56 Å². The molecule has 1 amide bonds. The first-order valence-corrected chi connectivity index (χ1v) is 8.30. The van der Waals surface area contributed by atoms with E-state index in [2.05, 4.69) is 11.8 Å². The third-order valence-corrected chi connectivity index (χ3v) is 3.16. The maximum atomic E-state index is 12.4. The number of hydrogen-bond acceptors (Lipinski definition) is 4. The minimum absolute atomic E-state index is 0.00905. The van der Waals surface area contributed by atoms with E-state index in [1.165, 1.54) is 0 Å². The van der Waals surface area contributed by atoms with E-state index in [1.807, 2.05) is 51.1 Å². The Kier molecular flexibility index (Phi) is 8.73. The quantitative estimate of drug-likeness (QED) is 0.711. The highest BCUT2D eigenvalue weighted by Crippen LogP contribution is 2.13. The molecule has 5 nitrogen and oxygen atoms in total. The van der Waals surface area contributed by atoms with Crippen molar-refractivity contribution in [3.8, 4) is 11.8 Å². The fourth-order valence-corrected chi connectivity index (χ4v) is 2.00. The first-order chi connectivity index (χ1) is 11.8. The van der Waals surface area contributed by atoms with Crippen LogP contribution in [0.3, 0.4) is 0 Å². The van der Waals surface area contributed by atoms with E-state index < -0.39 is 11.7 Å². The smallest absolute Gasteiger partial charge is 0.410 e. The number of ether oxygens (including phenoxy) is 2. The standard InChI is InChI=1S/C20H27NO4/c1-20(2,3)25-19(23)21(16-17-10-6-5-7-11-17)14-13-18(22)12-8-9-15-24-4/h5-7,10-11H,12-16H2,1-4H3. The summed E-state index contributed by atoms with van der Waals surface area (Å²) in [5, 5.41) is 0. The van der Waals surface area contributed by atoms with Gasteiger partial charge in [0.1, 0.15) is 18.0 Å². The van der Waals surface area contributed by atoms with Crippen LogP contribution in [0.25, 0.3) is 0 Å². The zero-order chi connectivity index (χ0) is 18.7. The molecule has 0 N–H and O–H groups in total. The number of benzene rings is 1. The third-order valence-electron chi connectivity index (χ3n) is 3.16. The topological polar surface area (TPSA) is 55.8 Å². The number of nitrogens with zero attached hydrogens (tertiary/aromatic N) is 1. The first kappa shape index (κ1) is 20.7. The van der Waals surface area contributed by atoms with Crippen LogP contribution < -0.4 is 0 Å². The van der Waals surface area contributed by atoms with Crippen molar-refractivity contribution in [3.63, 3.8) is 0 Å². The van der Waals surface area contributed by atoms with Gasteiger partial charge in [0.2, 0.25) is 0 Å². The van der Waals surface area contributed by atoms with Crippen LogP contribution in [0.2, 0.25) is 0 Å². The van der Waals surface area contributed by atoms with E-state index in [-0.39, 0.29) is 18.6 Å². The lowest BCUT2D eigenvalue weighted by molar-refractivity contribution is -0.118. The van der Waals surface area contributed by atoms with Crippen LogP contribution in [0, 0.1) is 11.8 Å². The van der Waals surface area contributed by atoms with Crippen LogP contribution in [-0.2, 0) is 20.8 Å². The van der Waals surface area contributed by atoms with Crippen molar-refractivity contribution in [1.29, 1.82) is 0 Å². The summed E-state index contributed by atoms with van der Waals surface area (Å²) >= 11 is 0. The van der Waals surface area contributed by atoms with Gasteiger partial charge < -0.3 is 14.4 Å². The number of ketones is 1. The van der Waals surface area contributed by atoms with Crippen molar-refractivity contribution >= 4 is 11.9 Å². The number of amides is 1. The number of carbonyl (C=O) groups excluding carboxylic acids is 2. The second-order valence-corrected chi connectivity index (χ2v) is 6.64. The van der Waals surface area contributed by atoms with Gasteiger partial charge in [0.25, 0.3) is 0 Å². The molecule has 136 valence electrons. The summed E-state index contributed by atoms with van der Waals surface area (Å²) in [5.41, 5.74) is 0.405. The summed E-state index contributed by atoms with van der Waals surface area (Å²) in [7, 11) is 1.55. The summed E-state index contributed by atoms with van der Waals surface area (Å²) in [6.45, 7) is 6.48. The molecule has 0 unspecified atom stereocenters. The molecular formula is C20H27NO4. The summed E-state index contributed by atoms with van der Waals surface area (Å²) < 4.78 is 10.3. The van der Waals surface area contributed by atoms with Gasteiger partial charge >= 0.3 is 6.09 Å². The fourth-order valence-electron chi connectivity index (χ4n) is 2.00. The second-order valence-electron chi connectivity index (χ2n) is 6.64. The van der Waals surface area contributed by atoms with Crippen LogP contribution >= 0.6 is 0 Å². The molecule has 0 saturated heterocycles. The van der Waals surface area contributed by atoms with Gasteiger partial charge in [-0.2, -0.15) is 0 Å². The third kappa shape index (κ3) is 9.53. The summed E-state index contributed by atoms with van der Waals surface area (Å²) in [6, 6.07) is 9.63. The van der Waals surface area contributed by atoms with Gasteiger partial charge in [-0.3, -0.25) is 4.79 Å². The number of carbonyl (C=O) groups is 2. The summed E-state index contributed by atoms with van der Waals surface area (Å²) in [4.78, 5) is 25.9.